The van der Waals surface area contributed by atoms with Crippen LogP contribution >= 0.6 is 0 Å². The van der Waals surface area contributed by atoms with Crippen molar-refractivity contribution in [1.82, 2.24) is 9.62 Å². The van der Waals surface area contributed by atoms with E-state index in [1.54, 1.807) is 12.1 Å². The van der Waals surface area contributed by atoms with Crippen molar-refractivity contribution in [3.63, 3.8) is 0 Å². The number of rotatable bonds is 9. The van der Waals surface area contributed by atoms with Crippen LogP contribution in [0.3, 0.4) is 0 Å². The van der Waals surface area contributed by atoms with Crippen LogP contribution < -0.4 is 4.72 Å². The fourth-order valence-electron chi connectivity index (χ4n) is 3.74. The van der Waals surface area contributed by atoms with Gasteiger partial charge in [-0.15, -0.1) is 0 Å². The van der Waals surface area contributed by atoms with E-state index in [9.17, 15) is 13.2 Å². The Morgan fingerprint density at radius 2 is 1.50 bits per heavy atom. The molecule has 1 N–H and O–H groups in total. The van der Waals surface area contributed by atoms with Gasteiger partial charge < -0.3 is 4.90 Å². The van der Waals surface area contributed by atoms with Crippen molar-refractivity contribution in [2.45, 2.75) is 64.3 Å². The third-order valence-electron chi connectivity index (χ3n) is 5.37. The lowest BCUT2D eigenvalue weighted by Gasteiger charge is -2.22. The number of allylic oxidation sites excluding steroid dienone is 1. The van der Waals surface area contributed by atoms with Crippen molar-refractivity contribution in [3.05, 3.63) is 70.8 Å². The first-order valence-electron chi connectivity index (χ1n) is 10.9. The SMILES string of the molecule is C=C(C)c1cc(C(C)C)c(CC(=O)NS(=O)(=O)c2ccc(CN(C)C)cc2)c(C(C)C)c1. The van der Waals surface area contributed by atoms with E-state index in [1.807, 2.05) is 25.9 Å². The molecule has 5 nitrogen and oxygen atoms in total. The summed E-state index contributed by atoms with van der Waals surface area (Å²) in [6.07, 6.45) is 0.00937. The molecule has 0 heterocycles. The molecule has 0 saturated heterocycles. The minimum atomic E-state index is -3.94. The van der Waals surface area contributed by atoms with E-state index in [-0.39, 0.29) is 23.2 Å². The van der Waals surface area contributed by atoms with Crippen molar-refractivity contribution >= 4 is 21.5 Å². The van der Waals surface area contributed by atoms with Gasteiger partial charge >= 0.3 is 0 Å². The summed E-state index contributed by atoms with van der Waals surface area (Å²) in [4.78, 5) is 15.0. The van der Waals surface area contributed by atoms with E-state index in [0.29, 0.717) is 6.54 Å². The van der Waals surface area contributed by atoms with Gasteiger partial charge in [-0.2, -0.15) is 0 Å². The van der Waals surface area contributed by atoms with E-state index in [4.69, 9.17) is 0 Å². The quantitative estimate of drug-likeness (QED) is 0.572. The highest BCUT2D eigenvalue weighted by Gasteiger charge is 2.22. The third kappa shape index (κ3) is 6.53. The summed E-state index contributed by atoms with van der Waals surface area (Å²) in [6.45, 7) is 15.0. The van der Waals surface area contributed by atoms with Gasteiger partial charge in [0.1, 0.15) is 0 Å². The molecule has 0 saturated carbocycles. The zero-order chi connectivity index (χ0) is 24.2. The van der Waals surface area contributed by atoms with Crippen LogP contribution in [0.4, 0.5) is 0 Å². The molecule has 1 amide bonds. The molecule has 32 heavy (non-hydrogen) atoms. The molecule has 0 aromatic heterocycles. The second-order valence-electron chi connectivity index (χ2n) is 9.31. The molecule has 2 aromatic rings. The summed E-state index contributed by atoms with van der Waals surface area (Å²) >= 11 is 0. The Morgan fingerprint density at radius 3 is 1.91 bits per heavy atom. The van der Waals surface area contributed by atoms with Crippen LogP contribution in [0.15, 0.2) is 47.9 Å². The van der Waals surface area contributed by atoms with Gasteiger partial charge in [0.2, 0.25) is 5.91 Å². The number of sulfonamides is 1. The summed E-state index contributed by atoms with van der Waals surface area (Å²) < 4.78 is 27.8. The molecule has 174 valence electrons. The van der Waals surface area contributed by atoms with Gasteiger partial charge in [-0.3, -0.25) is 4.79 Å². The standard InChI is InChI=1S/C26H36N2O3S/c1-17(2)21-13-23(18(3)4)25(24(14-21)19(5)6)15-26(29)27-32(30,31)22-11-9-20(10-12-22)16-28(7)8/h9-14,18-19H,1,15-16H2,2-8H3,(H,27,29). The largest absolute Gasteiger partial charge is 0.305 e. The van der Waals surface area contributed by atoms with Crippen molar-refractivity contribution in [2.24, 2.45) is 0 Å². The first kappa shape index (κ1) is 25.8. The van der Waals surface area contributed by atoms with E-state index in [2.05, 4.69) is 51.1 Å². The number of nitrogens with zero attached hydrogens (tertiary/aromatic N) is 1. The molecule has 0 aliphatic rings. The van der Waals surface area contributed by atoms with Crippen molar-refractivity contribution < 1.29 is 13.2 Å². The average Bonchev–Trinajstić information content (AvgIpc) is 2.66. The first-order valence-corrected chi connectivity index (χ1v) is 12.4. The third-order valence-corrected chi connectivity index (χ3v) is 6.76. The van der Waals surface area contributed by atoms with Gasteiger partial charge in [0.25, 0.3) is 10.0 Å². The molecular formula is C26H36N2O3S. The smallest absolute Gasteiger partial charge is 0.264 e. The average molecular weight is 457 g/mol. The number of nitrogens with one attached hydrogen (secondary N) is 1. The Kier molecular flexibility index (Phi) is 8.43. The topological polar surface area (TPSA) is 66.5 Å². The maximum atomic E-state index is 12.9. The van der Waals surface area contributed by atoms with Crippen LogP contribution in [0, 0.1) is 0 Å². The predicted molar refractivity (Wildman–Crippen MR) is 132 cm³/mol. The number of carbonyl (C=O) groups excluding carboxylic acids is 1. The van der Waals surface area contributed by atoms with Gasteiger partial charge in [0.05, 0.1) is 11.3 Å². The van der Waals surface area contributed by atoms with Gasteiger partial charge in [0, 0.05) is 6.54 Å². The molecule has 0 unspecified atom stereocenters. The van der Waals surface area contributed by atoms with Gasteiger partial charge in [-0.25, -0.2) is 13.1 Å². The molecule has 6 heteroatoms. The summed E-state index contributed by atoms with van der Waals surface area (Å²) in [6, 6.07) is 10.7. The first-order chi connectivity index (χ1) is 14.8. The minimum absolute atomic E-state index is 0.00937. The maximum Gasteiger partial charge on any atom is 0.264 e. The molecule has 2 aromatic carbocycles. The normalized spacial score (nSPS) is 11.9. The van der Waals surface area contributed by atoms with Crippen molar-refractivity contribution in [2.75, 3.05) is 14.1 Å². The molecule has 0 aliphatic carbocycles. The number of carbonyl (C=O) groups is 1. The predicted octanol–water partition coefficient (Wildman–Crippen LogP) is 5.08. The van der Waals surface area contributed by atoms with Gasteiger partial charge in [-0.1, -0.05) is 64.1 Å². The highest BCUT2D eigenvalue weighted by atomic mass is 32.2. The van der Waals surface area contributed by atoms with E-state index < -0.39 is 15.9 Å². The molecule has 2 rings (SSSR count). The zero-order valence-electron chi connectivity index (χ0n) is 20.3. The van der Waals surface area contributed by atoms with Crippen molar-refractivity contribution in [3.8, 4) is 0 Å². The van der Waals surface area contributed by atoms with E-state index >= 15 is 0 Å². The lowest BCUT2D eigenvalue weighted by molar-refractivity contribution is -0.118. The van der Waals surface area contributed by atoms with Crippen molar-refractivity contribution in [1.29, 1.82) is 0 Å². The highest BCUT2D eigenvalue weighted by Crippen LogP contribution is 2.32. The number of hydrogen-bond donors (Lipinski definition) is 1. The van der Waals surface area contributed by atoms with E-state index in [0.717, 1.165) is 33.4 Å². The number of hydrogen-bond acceptors (Lipinski definition) is 4. The summed E-state index contributed by atoms with van der Waals surface area (Å²) in [5.74, 6) is -0.153. The van der Waals surface area contributed by atoms with E-state index in [1.165, 1.54) is 12.1 Å². The van der Waals surface area contributed by atoms with Crippen LogP contribution in [0.5, 0.6) is 0 Å². The summed E-state index contributed by atoms with van der Waals surface area (Å²) in [5.41, 5.74) is 6.01. The molecule has 0 fully saturated rings. The van der Waals surface area contributed by atoms with Gasteiger partial charge in [0.15, 0.2) is 0 Å². The monoisotopic (exact) mass is 456 g/mol. The van der Waals surface area contributed by atoms with Crippen LogP contribution in [0.1, 0.15) is 74.3 Å². The lowest BCUT2D eigenvalue weighted by atomic mass is 9.84. The second kappa shape index (κ2) is 10.5. The Hall–Kier alpha value is -2.44. The van der Waals surface area contributed by atoms with Crippen LogP contribution in [-0.2, 0) is 27.8 Å². The molecule has 0 aliphatic heterocycles. The fraction of sp³-hybridized carbons (Fsp3) is 0.423. The molecular weight excluding hydrogens is 420 g/mol. The Bertz CT molecular complexity index is 1050. The van der Waals surface area contributed by atoms with Crippen LogP contribution in [0.2, 0.25) is 0 Å². The molecule has 0 spiro atoms. The van der Waals surface area contributed by atoms with Crippen LogP contribution in [0.25, 0.3) is 5.57 Å². The summed E-state index contributed by atoms with van der Waals surface area (Å²) in [5, 5.41) is 0. The minimum Gasteiger partial charge on any atom is -0.305 e. The Morgan fingerprint density at radius 1 is 1.00 bits per heavy atom. The molecule has 0 atom stereocenters. The Balaban J connectivity index is 2.33. The molecule has 0 radical (unpaired) electrons. The summed E-state index contributed by atoms with van der Waals surface area (Å²) in [7, 11) is -0.0419. The van der Waals surface area contributed by atoms with Gasteiger partial charge in [-0.05, 0) is 72.8 Å². The Labute approximate surface area is 193 Å². The van der Waals surface area contributed by atoms with Crippen LogP contribution in [-0.4, -0.2) is 33.3 Å². The second-order valence-corrected chi connectivity index (χ2v) is 11.0. The lowest BCUT2D eigenvalue weighted by Crippen LogP contribution is -2.32. The maximum absolute atomic E-state index is 12.9. The highest BCUT2D eigenvalue weighted by molar-refractivity contribution is 7.90. The zero-order valence-corrected chi connectivity index (χ0v) is 21.1. The molecule has 0 bridgehead atoms. The number of benzene rings is 2. The number of amides is 1. The fourth-order valence-corrected chi connectivity index (χ4v) is 4.73.